The third-order valence-electron chi connectivity index (χ3n) is 3.17. The van der Waals surface area contributed by atoms with Crippen LogP contribution in [0.1, 0.15) is 5.56 Å². The fourth-order valence-electron chi connectivity index (χ4n) is 2.09. The summed E-state index contributed by atoms with van der Waals surface area (Å²) in [6.45, 7) is 0. The number of aromatic nitrogens is 2. The lowest BCUT2D eigenvalue weighted by Crippen LogP contribution is -2.04. The van der Waals surface area contributed by atoms with Crippen LogP contribution in [0.15, 0.2) is 48.8 Å². The summed E-state index contributed by atoms with van der Waals surface area (Å²) in [5.41, 5.74) is 6.28. The molecule has 0 bridgehead atoms. The van der Waals surface area contributed by atoms with Crippen molar-refractivity contribution in [2.75, 3.05) is 5.73 Å². The van der Waals surface area contributed by atoms with E-state index < -0.39 is 11.7 Å². The van der Waals surface area contributed by atoms with E-state index in [9.17, 15) is 13.2 Å². The minimum atomic E-state index is -4.35. The van der Waals surface area contributed by atoms with Gasteiger partial charge in [0.05, 0.1) is 11.3 Å². The molecule has 6 heteroatoms. The Kier molecular flexibility index (Phi) is 3.01. The van der Waals surface area contributed by atoms with E-state index in [1.54, 1.807) is 24.5 Å². The fourth-order valence-corrected chi connectivity index (χ4v) is 2.09. The second kappa shape index (κ2) is 4.73. The SMILES string of the molecule is Nc1nc(-c2ccc(C(F)(F)F)cc2)cc2ccncc12. The second-order valence-corrected chi connectivity index (χ2v) is 4.56. The van der Waals surface area contributed by atoms with Gasteiger partial charge in [-0.3, -0.25) is 4.98 Å². The van der Waals surface area contributed by atoms with Crippen LogP contribution in [0.5, 0.6) is 0 Å². The highest BCUT2D eigenvalue weighted by Gasteiger charge is 2.30. The summed E-state index contributed by atoms with van der Waals surface area (Å²) < 4.78 is 37.7. The van der Waals surface area contributed by atoms with Gasteiger partial charge in [-0.15, -0.1) is 0 Å². The summed E-state index contributed by atoms with van der Waals surface area (Å²) in [5, 5.41) is 1.56. The van der Waals surface area contributed by atoms with Gasteiger partial charge >= 0.3 is 6.18 Å². The van der Waals surface area contributed by atoms with Crippen LogP contribution in [0.3, 0.4) is 0 Å². The van der Waals surface area contributed by atoms with Gasteiger partial charge in [0.1, 0.15) is 5.82 Å². The fraction of sp³-hybridized carbons (Fsp3) is 0.0667. The van der Waals surface area contributed by atoms with Gasteiger partial charge in [0.25, 0.3) is 0 Å². The number of hydrogen-bond donors (Lipinski definition) is 1. The molecule has 0 atom stereocenters. The topological polar surface area (TPSA) is 51.8 Å². The number of nitrogen functional groups attached to an aromatic ring is 1. The lowest BCUT2D eigenvalue weighted by Gasteiger charge is -2.09. The highest BCUT2D eigenvalue weighted by molar-refractivity contribution is 5.92. The molecule has 0 spiro atoms. The second-order valence-electron chi connectivity index (χ2n) is 4.56. The molecule has 2 heterocycles. The van der Waals surface area contributed by atoms with Gasteiger partial charge in [-0.2, -0.15) is 13.2 Å². The summed E-state index contributed by atoms with van der Waals surface area (Å²) in [6, 6.07) is 8.39. The molecule has 0 saturated heterocycles. The van der Waals surface area contributed by atoms with Crippen LogP contribution in [0, 0.1) is 0 Å². The Balaban J connectivity index is 2.08. The summed E-state index contributed by atoms with van der Waals surface area (Å²) in [6.07, 6.45) is -1.12. The van der Waals surface area contributed by atoms with Crippen LogP contribution in [0.25, 0.3) is 22.0 Å². The van der Waals surface area contributed by atoms with Crippen LogP contribution in [0.4, 0.5) is 19.0 Å². The third kappa shape index (κ3) is 2.52. The van der Waals surface area contributed by atoms with Gasteiger partial charge in [0, 0.05) is 23.3 Å². The molecule has 0 unspecified atom stereocenters. The Labute approximate surface area is 118 Å². The van der Waals surface area contributed by atoms with Crippen molar-refractivity contribution in [3.05, 3.63) is 54.4 Å². The Bertz CT molecular complexity index is 795. The van der Waals surface area contributed by atoms with Gasteiger partial charge in [0.2, 0.25) is 0 Å². The van der Waals surface area contributed by atoms with Crippen LogP contribution >= 0.6 is 0 Å². The van der Waals surface area contributed by atoms with Crippen molar-refractivity contribution in [2.24, 2.45) is 0 Å². The molecule has 0 aliphatic rings. The molecule has 3 rings (SSSR count). The predicted molar refractivity (Wildman–Crippen MR) is 74.4 cm³/mol. The van der Waals surface area contributed by atoms with Crippen LogP contribution in [-0.4, -0.2) is 9.97 Å². The Morgan fingerprint density at radius 3 is 2.38 bits per heavy atom. The molecule has 1 aromatic carbocycles. The molecule has 0 fully saturated rings. The summed E-state index contributed by atoms with van der Waals surface area (Å²) in [7, 11) is 0. The Hall–Kier alpha value is -2.63. The lowest BCUT2D eigenvalue weighted by molar-refractivity contribution is -0.137. The lowest BCUT2D eigenvalue weighted by atomic mass is 10.1. The molecule has 0 radical (unpaired) electrons. The molecule has 3 aromatic rings. The highest BCUT2D eigenvalue weighted by Crippen LogP contribution is 2.31. The highest BCUT2D eigenvalue weighted by atomic mass is 19.4. The van der Waals surface area contributed by atoms with Gasteiger partial charge in [-0.1, -0.05) is 12.1 Å². The van der Waals surface area contributed by atoms with Crippen molar-refractivity contribution in [3.63, 3.8) is 0 Å². The molecule has 2 aromatic heterocycles. The van der Waals surface area contributed by atoms with Crippen molar-refractivity contribution < 1.29 is 13.2 Å². The first-order valence-electron chi connectivity index (χ1n) is 6.13. The summed E-state index contributed by atoms with van der Waals surface area (Å²) >= 11 is 0. The molecule has 0 amide bonds. The molecular formula is C15H10F3N3. The van der Waals surface area contributed by atoms with E-state index in [1.807, 2.05) is 0 Å². The van der Waals surface area contributed by atoms with Gasteiger partial charge < -0.3 is 5.73 Å². The smallest absolute Gasteiger partial charge is 0.383 e. The zero-order chi connectivity index (χ0) is 15.0. The maximum absolute atomic E-state index is 12.6. The number of nitrogens with two attached hydrogens (primary N) is 1. The van der Waals surface area contributed by atoms with Crippen LogP contribution in [0.2, 0.25) is 0 Å². The van der Waals surface area contributed by atoms with Crippen molar-refractivity contribution >= 4 is 16.6 Å². The van der Waals surface area contributed by atoms with Gasteiger partial charge in [-0.05, 0) is 29.7 Å². The minimum Gasteiger partial charge on any atom is -0.383 e. The van der Waals surface area contributed by atoms with E-state index in [2.05, 4.69) is 9.97 Å². The molecule has 0 aliphatic heterocycles. The van der Waals surface area contributed by atoms with E-state index in [-0.39, 0.29) is 0 Å². The standard InChI is InChI=1S/C15H10F3N3/c16-15(17,18)11-3-1-9(2-4-11)13-7-10-5-6-20-8-12(10)14(19)21-13/h1-8H,(H2,19,21). The molecule has 2 N–H and O–H groups in total. The summed E-state index contributed by atoms with van der Waals surface area (Å²) in [5.74, 6) is 0.301. The maximum Gasteiger partial charge on any atom is 0.416 e. The van der Waals surface area contributed by atoms with Crippen molar-refractivity contribution in [2.45, 2.75) is 6.18 Å². The van der Waals surface area contributed by atoms with Crippen molar-refractivity contribution in [1.82, 2.24) is 9.97 Å². The van der Waals surface area contributed by atoms with Crippen molar-refractivity contribution in [1.29, 1.82) is 0 Å². The first kappa shape index (κ1) is 13.4. The largest absolute Gasteiger partial charge is 0.416 e. The number of hydrogen-bond acceptors (Lipinski definition) is 3. The quantitative estimate of drug-likeness (QED) is 0.739. The normalized spacial score (nSPS) is 11.8. The predicted octanol–water partition coefficient (Wildman–Crippen LogP) is 3.90. The van der Waals surface area contributed by atoms with E-state index in [4.69, 9.17) is 5.73 Å². The van der Waals surface area contributed by atoms with E-state index in [1.165, 1.54) is 12.1 Å². The number of fused-ring (bicyclic) bond motifs is 1. The number of pyridine rings is 2. The number of halogens is 3. The maximum atomic E-state index is 12.6. The minimum absolute atomic E-state index is 0.301. The molecular weight excluding hydrogens is 279 g/mol. The van der Waals surface area contributed by atoms with Gasteiger partial charge in [-0.25, -0.2) is 4.98 Å². The van der Waals surface area contributed by atoms with Crippen molar-refractivity contribution in [3.8, 4) is 11.3 Å². The number of rotatable bonds is 1. The number of benzene rings is 1. The summed E-state index contributed by atoms with van der Waals surface area (Å²) in [4.78, 5) is 8.19. The van der Waals surface area contributed by atoms with E-state index in [0.29, 0.717) is 22.5 Å². The first-order valence-corrected chi connectivity index (χ1v) is 6.13. The Morgan fingerprint density at radius 2 is 1.71 bits per heavy atom. The molecule has 0 aliphatic carbocycles. The molecule has 106 valence electrons. The molecule has 21 heavy (non-hydrogen) atoms. The average Bonchev–Trinajstić information content (AvgIpc) is 2.46. The van der Waals surface area contributed by atoms with E-state index >= 15 is 0 Å². The number of nitrogens with zero attached hydrogens (tertiary/aromatic N) is 2. The van der Waals surface area contributed by atoms with Gasteiger partial charge in [0.15, 0.2) is 0 Å². The number of anilines is 1. The molecule has 0 saturated carbocycles. The number of alkyl halides is 3. The monoisotopic (exact) mass is 289 g/mol. The third-order valence-corrected chi connectivity index (χ3v) is 3.17. The average molecular weight is 289 g/mol. The van der Waals surface area contributed by atoms with Crippen LogP contribution < -0.4 is 5.73 Å². The first-order chi connectivity index (χ1) is 9.95. The molecule has 3 nitrogen and oxygen atoms in total. The Morgan fingerprint density at radius 1 is 1.00 bits per heavy atom. The zero-order valence-corrected chi connectivity index (χ0v) is 10.7. The van der Waals surface area contributed by atoms with E-state index in [0.717, 1.165) is 17.5 Å². The zero-order valence-electron chi connectivity index (χ0n) is 10.7. The van der Waals surface area contributed by atoms with Crippen LogP contribution in [-0.2, 0) is 6.18 Å².